The average Bonchev–Trinajstić information content (AvgIpc) is 2.06. The van der Waals surface area contributed by atoms with Crippen LogP contribution in [0.2, 0.25) is 0 Å². The zero-order valence-corrected chi connectivity index (χ0v) is 8.29. The topological polar surface area (TPSA) is 33.0 Å². The summed E-state index contributed by atoms with van der Waals surface area (Å²) >= 11 is 0. The third kappa shape index (κ3) is 4.48. The van der Waals surface area contributed by atoms with Crippen LogP contribution in [0.1, 0.15) is 6.92 Å². The van der Waals surface area contributed by atoms with Crippen molar-refractivity contribution in [3.63, 3.8) is 0 Å². The lowest BCUT2D eigenvalue weighted by Gasteiger charge is -1.97. The van der Waals surface area contributed by atoms with E-state index in [4.69, 9.17) is 0 Å². The average molecular weight is 201 g/mol. The molecular weight excluding hydrogens is 188 g/mol. The van der Waals surface area contributed by atoms with Crippen molar-refractivity contribution in [2.45, 2.75) is 13.5 Å². The maximum atomic E-state index is 11.1. The van der Waals surface area contributed by atoms with Gasteiger partial charge in [0.05, 0.1) is 0 Å². The fraction of sp³-hybridized carbons (Fsp3) is 0.333. The van der Waals surface area contributed by atoms with Gasteiger partial charge in [-0.25, -0.2) is 0 Å². The molecule has 0 atom stereocenters. The largest absolute Gasteiger partial charge is 1.00 e. The Hall–Kier alpha value is -1.09. The van der Waals surface area contributed by atoms with Gasteiger partial charge in [-0.05, 0) is 6.92 Å². The molecule has 0 saturated heterocycles. The Morgan fingerprint density at radius 1 is 1.31 bits per heavy atom. The van der Waals surface area contributed by atoms with E-state index in [1.54, 1.807) is 0 Å². The van der Waals surface area contributed by atoms with E-state index in [2.05, 4.69) is 5.32 Å². The normalized spacial score (nSPS) is 8.69. The molecule has 0 aromatic carbocycles. The first kappa shape index (κ1) is 11.9. The third-order valence-electron chi connectivity index (χ3n) is 1.48. The van der Waals surface area contributed by atoms with E-state index in [1.807, 2.05) is 42.1 Å². The smallest absolute Gasteiger partial charge is 0.285 e. The Bertz CT molecular complexity index is 251. The molecule has 0 aliphatic carbocycles. The second kappa shape index (κ2) is 6.43. The highest BCUT2D eigenvalue weighted by Crippen LogP contribution is 1.76. The first-order chi connectivity index (χ1) is 5.83. The van der Waals surface area contributed by atoms with Crippen LogP contribution < -0.4 is 22.3 Å². The minimum Gasteiger partial charge on any atom is -1.00 e. The number of likely N-dealkylation sites (N-methyl/N-ethyl adjacent to an activating group) is 1. The second-order valence-corrected chi connectivity index (χ2v) is 2.50. The maximum Gasteiger partial charge on any atom is 0.285 e. The van der Waals surface area contributed by atoms with E-state index < -0.39 is 0 Å². The van der Waals surface area contributed by atoms with Gasteiger partial charge in [0.2, 0.25) is 6.54 Å². The summed E-state index contributed by atoms with van der Waals surface area (Å²) in [4.78, 5) is 11.1. The quantitative estimate of drug-likeness (QED) is 0.523. The molecule has 1 heterocycles. The van der Waals surface area contributed by atoms with Crippen molar-refractivity contribution >= 4 is 5.91 Å². The van der Waals surface area contributed by atoms with Crippen LogP contribution >= 0.6 is 0 Å². The summed E-state index contributed by atoms with van der Waals surface area (Å²) in [5.41, 5.74) is 0. The molecule has 1 amide bonds. The van der Waals surface area contributed by atoms with Crippen molar-refractivity contribution in [3.8, 4) is 0 Å². The third-order valence-corrected chi connectivity index (χ3v) is 1.48. The number of nitrogens with one attached hydrogen (secondary N) is 1. The number of rotatable bonds is 3. The maximum absolute atomic E-state index is 11.1. The van der Waals surface area contributed by atoms with Gasteiger partial charge in [-0.15, -0.1) is 0 Å². The molecule has 4 heteroatoms. The van der Waals surface area contributed by atoms with Crippen LogP contribution in [-0.4, -0.2) is 12.5 Å². The van der Waals surface area contributed by atoms with Gasteiger partial charge in [-0.1, -0.05) is 6.07 Å². The summed E-state index contributed by atoms with van der Waals surface area (Å²) < 4.78 is 1.84. The summed E-state index contributed by atoms with van der Waals surface area (Å²) in [5.74, 6) is 0.0497. The van der Waals surface area contributed by atoms with Gasteiger partial charge in [-0.2, -0.15) is 4.57 Å². The van der Waals surface area contributed by atoms with Crippen LogP contribution in [-0.2, 0) is 11.3 Å². The molecular formula is C9H13ClN2O. The van der Waals surface area contributed by atoms with Crippen molar-refractivity contribution in [3.05, 3.63) is 30.6 Å². The minimum absolute atomic E-state index is 0. The first-order valence-corrected chi connectivity index (χ1v) is 4.03. The molecule has 0 aliphatic rings. The lowest BCUT2D eigenvalue weighted by atomic mass is 10.4. The summed E-state index contributed by atoms with van der Waals surface area (Å²) in [5, 5.41) is 2.73. The van der Waals surface area contributed by atoms with Crippen LogP contribution in [0.4, 0.5) is 0 Å². The van der Waals surface area contributed by atoms with Gasteiger partial charge >= 0.3 is 0 Å². The Balaban J connectivity index is 0.00000144. The standard InChI is InChI=1S/C9H12N2O.ClH/c1-2-10-9(12)8-11-6-4-3-5-7-11;/h3-7H,2,8H2,1H3;1H. The molecule has 0 unspecified atom stereocenters. The molecule has 0 fully saturated rings. The summed E-state index contributed by atoms with van der Waals surface area (Å²) in [6.45, 7) is 2.99. The first-order valence-electron chi connectivity index (χ1n) is 4.03. The van der Waals surface area contributed by atoms with Gasteiger partial charge in [0.1, 0.15) is 0 Å². The predicted octanol–water partition coefficient (Wildman–Crippen LogP) is -2.89. The lowest BCUT2D eigenvalue weighted by molar-refractivity contribution is -0.684. The number of pyridine rings is 1. The SMILES string of the molecule is CCNC(=O)C[n+]1ccccc1.[Cl-]. The number of carbonyl (C=O) groups is 1. The highest BCUT2D eigenvalue weighted by molar-refractivity contribution is 5.74. The number of nitrogens with zero attached hydrogens (tertiary/aromatic N) is 1. The van der Waals surface area contributed by atoms with Crippen LogP contribution in [0.25, 0.3) is 0 Å². The molecule has 13 heavy (non-hydrogen) atoms. The Morgan fingerprint density at radius 3 is 2.46 bits per heavy atom. The Morgan fingerprint density at radius 2 is 1.92 bits per heavy atom. The van der Waals surface area contributed by atoms with Crippen LogP contribution in [0, 0.1) is 0 Å². The molecule has 1 rings (SSSR count). The van der Waals surface area contributed by atoms with Crippen molar-refractivity contribution < 1.29 is 21.8 Å². The number of hydrogen-bond donors (Lipinski definition) is 1. The number of hydrogen-bond acceptors (Lipinski definition) is 1. The highest BCUT2D eigenvalue weighted by atomic mass is 35.5. The van der Waals surface area contributed by atoms with E-state index in [1.165, 1.54) is 0 Å². The van der Waals surface area contributed by atoms with Crippen LogP contribution in [0.3, 0.4) is 0 Å². The van der Waals surface area contributed by atoms with Crippen molar-refractivity contribution in [1.82, 2.24) is 5.32 Å². The van der Waals surface area contributed by atoms with E-state index >= 15 is 0 Å². The van der Waals surface area contributed by atoms with E-state index in [0.717, 1.165) is 0 Å². The zero-order valence-electron chi connectivity index (χ0n) is 7.53. The van der Waals surface area contributed by atoms with E-state index in [9.17, 15) is 4.79 Å². The molecule has 0 aliphatic heterocycles. The van der Waals surface area contributed by atoms with Crippen molar-refractivity contribution in [2.75, 3.05) is 6.54 Å². The van der Waals surface area contributed by atoms with E-state index in [0.29, 0.717) is 13.1 Å². The zero-order chi connectivity index (χ0) is 8.81. The number of aromatic nitrogens is 1. The molecule has 0 radical (unpaired) electrons. The molecule has 1 aromatic heterocycles. The summed E-state index contributed by atoms with van der Waals surface area (Å²) in [7, 11) is 0. The Kier molecular flexibility index (Phi) is 5.89. The van der Waals surface area contributed by atoms with Gasteiger partial charge in [0.25, 0.3) is 5.91 Å². The predicted molar refractivity (Wildman–Crippen MR) is 45.3 cm³/mol. The number of halogens is 1. The van der Waals surface area contributed by atoms with Gasteiger partial charge in [0, 0.05) is 18.7 Å². The summed E-state index contributed by atoms with van der Waals surface area (Å²) in [6, 6.07) is 5.73. The molecule has 0 bridgehead atoms. The fourth-order valence-corrected chi connectivity index (χ4v) is 0.959. The molecule has 1 aromatic rings. The monoisotopic (exact) mass is 200 g/mol. The molecule has 0 saturated carbocycles. The lowest BCUT2D eigenvalue weighted by Crippen LogP contribution is -3.00. The van der Waals surface area contributed by atoms with Crippen molar-refractivity contribution in [2.24, 2.45) is 0 Å². The van der Waals surface area contributed by atoms with E-state index in [-0.39, 0.29) is 18.3 Å². The highest BCUT2D eigenvalue weighted by Gasteiger charge is 2.05. The number of amides is 1. The van der Waals surface area contributed by atoms with Gasteiger partial charge in [0.15, 0.2) is 12.4 Å². The van der Waals surface area contributed by atoms with Crippen LogP contribution in [0.5, 0.6) is 0 Å². The summed E-state index contributed by atoms with van der Waals surface area (Å²) in [6.07, 6.45) is 3.74. The minimum atomic E-state index is 0. The molecule has 0 spiro atoms. The molecule has 72 valence electrons. The molecule has 1 N–H and O–H groups in total. The second-order valence-electron chi connectivity index (χ2n) is 2.50. The van der Waals surface area contributed by atoms with Gasteiger partial charge < -0.3 is 17.7 Å². The fourth-order valence-electron chi connectivity index (χ4n) is 0.959. The Labute approximate surface area is 84.2 Å². The van der Waals surface area contributed by atoms with Crippen LogP contribution in [0.15, 0.2) is 30.6 Å². The molecule has 3 nitrogen and oxygen atoms in total. The van der Waals surface area contributed by atoms with Gasteiger partial charge in [-0.3, -0.25) is 4.79 Å². The number of carbonyl (C=O) groups excluding carboxylic acids is 1. The van der Waals surface area contributed by atoms with Crippen molar-refractivity contribution in [1.29, 1.82) is 0 Å².